The molecule has 0 aliphatic carbocycles. The molecule has 0 radical (unpaired) electrons. The highest BCUT2D eigenvalue weighted by Crippen LogP contribution is 2.23. The van der Waals surface area contributed by atoms with Crippen molar-refractivity contribution in [3.8, 4) is 11.4 Å². The third-order valence-corrected chi connectivity index (χ3v) is 4.76. The Morgan fingerprint density at radius 3 is 2.68 bits per heavy atom. The van der Waals surface area contributed by atoms with Crippen LogP contribution < -0.4 is 11.2 Å². The lowest BCUT2D eigenvalue weighted by molar-refractivity contribution is -0.113. The second-order valence-electron chi connectivity index (χ2n) is 4.88. The van der Waals surface area contributed by atoms with Gasteiger partial charge in [-0.25, -0.2) is 9.66 Å². The second-order valence-corrected chi connectivity index (χ2v) is 7.18. The summed E-state index contributed by atoms with van der Waals surface area (Å²) in [5.74, 6) is 6.91. The molecule has 1 amide bonds. The highest BCUT2D eigenvalue weighted by molar-refractivity contribution is 9.10. The lowest BCUT2D eigenvalue weighted by atomic mass is 10.2. The highest BCUT2D eigenvalue weighted by Gasteiger charge is 2.14. The Morgan fingerprint density at radius 2 is 2.00 bits per heavy atom. The molecule has 3 rings (SSSR count). The van der Waals surface area contributed by atoms with E-state index in [1.165, 1.54) is 16.4 Å². The van der Waals surface area contributed by atoms with Crippen molar-refractivity contribution in [3.05, 3.63) is 52.1 Å². The largest absolute Gasteiger partial charge is 0.335 e. The molecular formula is C15H12BrClN6OS. The molecule has 0 unspecified atom stereocenters. The number of nitrogens with zero attached hydrogens (tertiary/aromatic N) is 4. The third-order valence-electron chi connectivity index (χ3n) is 3.09. The van der Waals surface area contributed by atoms with Gasteiger partial charge in [0.15, 0.2) is 5.82 Å². The molecule has 0 atom stereocenters. The number of carbonyl (C=O) groups excluding carboxylic acids is 1. The number of amides is 1. The van der Waals surface area contributed by atoms with Crippen molar-refractivity contribution in [2.75, 3.05) is 16.9 Å². The van der Waals surface area contributed by atoms with Crippen molar-refractivity contribution in [2.24, 2.45) is 0 Å². The van der Waals surface area contributed by atoms with Gasteiger partial charge in [0, 0.05) is 21.3 Å². The van der Waals surface area contributed by atoms with Gasteiger partial charge in [0.25, 0.3) is 0 Å². The van der Waals surface area contributed by atoms with Gasteiger partial charge in [-0.05, 0) is 52.3 Å². The molecule has 0 saturated carbocycles. The molecule has 25 heavy (non-hydrogen) atoms. The monoisotopic (exact) mass is 438 g/mol. The number of anilines is 1. The first-order valence-electron chi connectivity index (χ1n) is 7.03. The molecule has 10 heteroatoms. The zero-order valence-electron chi connectivity index (χ0n) is 12.7. The zero-order valence-corrected chi connectivity index (χ0v) is 15.8. The number of thioether (sulfide) groups is 1. The summed E-state index contributed by atoms with van der Waals surface area (Å²) in [6.07, 6.45) is 1.61. The number of nitrogens with two attached hydrogens (primary N) is 1. The Balaban J connectivity index is 1.62. The van der Waals surface area contributed by atoms with Crippen molar-refractivity contribution in [3.63, 3.8) is 0 Å². The summed E-state index contributed by atoms with van der Waals surface area (Å²) in [7, 11) is 0. The number of hydrogen-bond donors (Lipinski definition) is 2. The Bertz CT molecular complexity index is 884. The van der Waals surface area contributed by atoms with Crippen molar-refractivity contribution >= 4 is 51.0 Å². The van der Waals surface area contributed by atoms with E-state index in [1.54, 1.807) is 42.6 Å². The molecule has 2 heterocycles. The minimum absolute atomic E-state index is 0.133. The number of aromatic nitrogens is 4. The van der Waals surface area contributed by atoms with E-state index in [2.05, 4.69) is 36.4 Å². The second kappa shape index (κ2) is 7.85. The van der Waals surface area contributed by atoms with Crippen LogP contribution in [0.5, 0.6) is 0 Å². The number of pyridine rings is 1. The normalized spacial score (nSPS) is 10.6. The number of benzene rings is 1. The SMILES string of the molecule is Nn1c(SCC(=O)Nc2ccc(Br)cn2)nnc1-c1ccc(Cl)cc1. The molecule has 3 aromatic rings. The first kappa shape index (κ1) is 17.7. The zero-order chi connectivity index (χ0) is 17.8. The number of halogens is 2. The maximum absolute atomic E-state index is 12.0. The van der Waals surface area contributed by atoms with Crippen molar-refractivity contribution in [2.45, 2.75) is 5.16 Å². The number of nitrogen functional groups attached to an aromatic ring is 1. The topological polar surface area (TPSA) is 98.7 Å². The van der Waals surface area contributed by atoms with Gasteiger partial charge in [-0.1, -0.05) is 23.4 Å². The summed E-state index contributed by atoms with van der Waals surface area (Å²) in [5, 5.41) is 11.8. The van der Waals surface area contributed by atoms with Gasteiger partial charge in [-0.2, -0.15) is 0 Å². The third kappa shape index (κ3) is 4.50. The van der Waals surface area contributed by atoms with Crippen LogP contribution in [0, 0.1) is 0 Å². The molecule has 3 N–H and O–H groups in total. The van der Waals surface area contributed by atoms with Gasteiger partial charge in [-0.15, -0.1) is 10.2 Å². The van der Waals surface area contributed by atoms with Crippen molar-refractivity contribution in [1.29, 1.82) is 0 Å². The maximum Gasteiger partial charge on any atom is 0.236 e. The van der Waals surface area contributed by atoms with Crippen LogP contribution in [0.25, 0.3) is 11.4 Å². The van der Waals surface area contributed by atoms with E-state index in [1.807, 2.05) is 0 Å². The lowest BCUT2D eigenvalue weighted by Gasteiger charge is -2.05. The van der Waals surface area contributed by atoms with E-state index < -0.39 is 0 Å². The van der Waals surface area contributed by atoms with Gasteiger partial charge < -0.3 is 11.2 Å². The summed E-state index contributed by atoms with van der Waals surface area (Å²) in [6, 6.07) is 10.6. The summed E-state index contributed by atoms with van der Waals surface area (Å²) >= 11 is 10.3. The van der Waals surface area contributed by atoms with E-state index in [0.29, 0.717) is 21.8 Å². The highest BCUT2D eigenvalue weighted by atomic mass is 79.9. The first-order chi connectivity index (χ1) is 12.0. The molecule has 128 valence electrons. The Labute approximate surface area is 161 Å². The van der Waals surface area contributed by atoms with Crippen molar-refractivity contribution < 1.29 is 4.79 Å². The van der Waals surface area contributed by atoms with Gasteiger partial charge >= 0.3 is 0 Å². The van der Waals surface area contributed by atoms with E-state index in [9.17, 15) is 4.79 Å². The van der Waals surface area contributed by atoms with Gasteiger partial charge in [-0.3, -0.25) is 4.79 Å². The fraction of sp³-hybridized carbons (Fsp3) is 0.0667. The number of nitrogens with one attached hydrogen (secondary N) is 1. The van der Waals surface area contributed by atoms with E-state index >= 15 is 0 Å². The van der Waals surface area contributed by atoms with Crippen LogP contribution in [0.15, 0.2) is 52.2 Å². The van der Waals surface area contributed by atoms with Crippen LogP contribution >= 0.6 is 39.3 Å². The molecule has 0 fully saturated rings. The molecule has 0 aliphatic rings. The van der Waals surface area contributed by atoms with Crippen LogP contribution in [0.4, 0.5) is 5.82 Å². The van der Waals surface area contributed by atoms with Crippen LogP contribution in [-0.2, 0) is 4.79 Å². The maximum atomic E-state index is 12.0. The molecule has 1 aromatic carbocycles. The quantitative estimate of drug-likeness (QED) is 0.468. The fourth-order valence-corrected chi connectivity index (χ4v) is 2.95. The molecule has 0 aliphatic heterocycles. The molecular weight excluding hydrogens is 428 g/mol. The molecule has 2 aromatic heterocycles. The predicted molar refractivity (Wildman–Crippen MR) is 102 cm³/mol. The van der Waals surface area contributed by atoms with Gasteiger partial charge in [0.05, 0.1) is 5.75 Å². The fourth-order valence-electron chi connectivity index (χ4n) is 1.93. The van der Waals surface area contributed by atoms with Crippen LogP contribution in [0.2, 0.25) is 5.02 Å². The minimum Gasteiger partial charge on any atom is -0.335 e. The molecule has 7 nitrogen and oxygen atoms in total. The smallest absolute Gasteiger partial charge is 0.236 e. The van der Waals surface area contributed by atoms with E-state index in [-0.39, 0.29) is 11.7 Å². The summed E-state index contributed by atoms with van der Waals surface area (Å²) < 4.78 is 2.19. The average molecular weight is 440 g/mol. The predicted octanol–water partition coefficient (Wildman–Crippen LogP) is 3.20. The molecule has 0 spiro atoms. The van der Waals surface area contributed by atoms with E-state index in [0.717, 1.165) is 10.0 Å². The lowest BCUT2D eigenvalue weighted by Crippen LogP contribution is -2.17. The molecule has 0 saturated heterocycles. The summed E-state index contributed by atoms with van der Waals surface area (Å²) in [6.45, 7) is 0. The Hall–Kier alpha value is -2.10. The Morgan fingerprint density at radius 1 is 1.24 bits per heavy atom. The van der Waals surface area contributed by atoms with Crippen molar-refractivity contribution in [1.82, 2.24) is 19.9 Å². The van der Waals surface area contributed by atoms with Gasteiger partial charge in [0.1, 0.15) is 5.82 Å². The number of hydrogen-bond acceptors (Lipinski definition) is 6. The number of rotatable bonds is 5. The Kier molecular flexibility index (Phi) is 5.57. The molecule has 0 bridgehead atoms. The van der Waals surface area contributed by atoms with Crippen LogP contribution in [-0.4, -0.2) is 31.5 Å². The van der Waals surface area contributed by atoms with Crippen LogP contribution in [0.1, 0.15) is 0 Å². The summed E-state index contributed by atoms with van der Waals surface area (Å²) in [4.78, 5) is 16.1. The van der Waals surface area contributed by atoms with E-state index in [4.69, 9.17) is 17.4 Å². The average Bonchev–Trinajstić information content (AvgIpc) is 2.97. The number of carbonyl (C=O) groups is 1. The summed E-state index contributed by atoms with van der Waals surface area (Å²) in [5.41, 5.74) is 0.787. The standard InChI is InChI=1S/C15H12BrClN6OS/c16-10-3-6-12(19-7-10)20-13(24)8-25-15-22-21-14(23(15)18)9-1-4-11(17)5-2-9/h1-7H,8,18H2,(H,19,20,24). The van der Waals surface area contributed by atoms with Crippen LogP contribution in [0.3, 0.4) is 0 Å². The minimum atomic E-state index is -0.212. The first-order valence-corrected chi connectivity index (χ1v) is 9.19. The van der Waals surface area contributed by atoms with Gasteiger partial charge in [0.2, 0.25) is 11.1 Å².